The Balaban J connectivity index is 1.48. The highest BCUT2D eigenvalue weighted by Crippen LogP contribution is 2.32. The third-order valence-electron chi connectivity index (χ3n) is 4.30. The minimum absolute atomic E-state index is 0.0852. The van der Waals surface area contributed by atoms with E-state index >= 15 is 0 Å². The molecule has 24 heavy (non-hydrogen) atoms. The summed E-state index contributed by atoms with van der Waals surface area (Å²) in [7, 11) is 1.61. The second-order valence-corrected chi connectivity index (χ2v) is 6.36. The van der Waals surface area contributed by atoms with E-state index in [1.54, 1.807) is 25.4 Å². The maximum atomic E-state index is 12.3. The standard InChI is InChI=1S/C17H23N3O4/c1-23-6-7-24-15-5-4-14(9-18-15)19-17(22)13-8-16(21)20(11-13)10-12-2-3-12/h4-5,9,12-13H,2-3,6-8,10-11H2,1H3,(H,19,22)/t13-/m0/s1. The van der Waals surface area contributed by atoms with Gasteiger partial charge in [-0.2, -0.15) is 0 Å². The smallest absolute Gasteiger partial charge is 0.229 e. The van der Waals surface area contributed by atoms with Crippen molar-refractivity contribution in [3.63, 3.8) is 0 Å². The zero-order valence-electron chi connectivity index (χ0n) is 13.9. The molecule has 130 valence electrons. The molecular weight excluding hydrogens is 310 g/mol. The van der Waals surface area contributed by atoms with Crippen LogP contribution in [-0.4, -0.2) is 55.1 Å². The minimum atomic E-state index is -0.283. The first-order valence-electron chi connectivity index (χ1n) is 8.32. The van der Waals surface area contributed by atoms with Crippen molar-refractivity contribution in [2.24, 2.45) is 11.8 Å². The van der Waals surface area contributed by atoms with E-state index in [1.807, 2.05) is 4.90 Å². The molecule has 1 aliphatic carbocycles. The van der Waals surface area contributed by atoms with E-state index in [-0.39, 0.29) is 17.7 Å². The molecule has 1 atom stereocenters. The number of methoxy groups -OCH3 is 1. The first-order chi connectivity index (χ1) is 11.7. The summed E-state index contributed by atoms with van der Waals surface area (Å²) in [5.41, 5.74) is 0.604. The van der Waals surface area contributed by atoms with E-state index in [0.29, 0.717) is 43.7 Å². The van der Waals surface area contributed by atoms with Crippen LogP contribution >= 0.6 is 0 Å². The van der Waals surface area contributed by atoms with Crippen molar-refractivity contribution >= 4 is 17.5 Å². The third-order valence-corrected chi connectivity index (χ3v) is 4.30. The molecule has 3 rings (SSSR count). The summed E-state index contributed by atoms with van der Waals surface area (Å²) in [6.45, 7) is 2.24. The monoisotopic (exact) mass is 333 g/mol. The lowest BCUT2D eigenvalue weighted by molar-refractivity contribution is -0.128. The van der Waals surface area contributed by atoms with Crippen molar-refractivity contribution in [1.82, 2.24) is 9.88 Å². The molecule has 2 heterocycles. The quantitative estimate of drug-likeness (QED) is 0.725. The summed E-state index contributed by atoms with van der Waals surface area (Å²) in [4.78, 5) is 30.3. The number of aromatic nitrogens is 1. The van der Waals surface area contributed by atoms with Crippen molar-refractivity contribution < 1.29 is 19.1 Å². The summed E-state index contributed by atoms with van der Waals surface area (Å²) in [5, 5.41) is 2.83. The Bertz CT molecular complexity index is 586. The number of carbonyl (C=O) groups is 2. The number of amides is 2. The van der Waals surface area contributed by atoms with E-state index in [2.05, 4.69) is 10.3 Å². The second kappa shape index (κ2) is 7.61. The molecule has 2 amide bonds. The van der Waals surface area contributed by atoms with E-state index in [1.165, 1.54) is 12.8 Å². The van der Waals surface area contributed by atoms with Gasteiger partial charge in [0.2, 0.25) is 17.7 Å². The molecule has 1 aromatic heterocycles. The highest BCUT2D eigenvalue weighted by molar-refractivity contribution is 5.97. The zero-order chi connectivity index (χ0) is 16.9. The van der Waals surface area contributed by atoms with Crippen molar-refractivity contribution in [2.45, 2.75) is 19.3 Å². The van der Waals surface area contributed by atoms with Crippen LogP contribution in [0.1, 0.15) is 19.3 Å². The fraction of sp³-hybridized carbons (Fsp3) is 0.588. The van der Waals surface area contributed by atoms with E-state index in [4.69, 9.17) is 9.47 Å². The number of likely N-dealkylation sites (tertiary alicyclic amines) is 1. The third kappa shape index (κ3) is 4.44. The molecule has 0 bridgehead atoms. The number of pyridine rings is 1. The number of rotatable bonds is 8. The molecule has 1 aromatic rings. The van der Waals surface area contributed by atoms with Crippen LogP contribution in [0.3, 0.4) is 0 Å². The van der Waals surface area contributed by atoms with Gasteiger partial charge in [0.1, 0.15) is 6.61 Å². The normalized spacial score (nSPS) is 20.3. The largest absolute Gasteiger partial charge is 0.475 e. The van der Waals surface area contributed by atoms with Crippen molar-refractivity contribution in [3.8, 4) is 5.88 Å². The van der Waals surface area contributed by atoms with Gasteiger partial charge in [-0.05, 0) is 24.8 Å². The minimum Gasteiger partial charge on any atom is -0.475 e. The van der Waals surface area contributed by atoms with Crippen LogP contribution in [0.2, 0.25) is 0 Å². The maximum Gasteiger partial charge on any atom is 0.229 e. The fourth-order valence-electron chi connectivity index (χ4n) is 2.75. The molecule has 2 fully saturated rings. The van der Waals surface area contributed by atoms with Crippen LogP contribution in [0.4, 0.5) is 5.69 Å². The summed E-state index contributed by atoms with van der Waals surface area (Å²) in [6, 6.07) is 3.44. The summed E-state index contributed by atoms with van der Waals surface area (Å²) < 4.78 is 10.3. The number of anilines is 1. The van der Waals surface area contributed by atoms with Crippen LogP contribution < -0.4 is 10.1 Å². The predicted octanol–water partition coefficient (Wildman–Crippen LogP) is 1.30. The van der Waals surface area contributed by atoms with Crippen LogP contribution in [0.25, 0.3) is 0 Å². The lowest BCUT2D eigenvalue weighted by atomic mass is 10.1. The van der Waals surface area contributed by atoms with Gasteiger partial charge in [-0.1, -0.05) is 0 Å². The van der Waals surface area contributed by atoms with Crippen molar-refractivity contribution in [3.05, 3.63) is 18.3 Å². The van der Waals surface area contributed by atoms with Gasteiger partial charge >= 0.3 is 0 Å². The second-order valence-electron chi connectivity index (χ2n) is 6.36. The average Bonchev–Trinajstić information content (AvgIpc) is 3.31. The highest BCUT2D eigenvalue weighted by Gasteiger charge is 2.37. The van der Waals surface area contributed by atoms with Gasteiger partial charge < -0.3 is 19.7 Å². The summed E-state index contributed by atoms with van der Waals surface area (Å²) in [5.74, 6) is 0.801. The first kappa shape index (κ1) is 16.7. The van der Waals surface area contributed by atoms with Gasteiger partial charge in [0, 0.05) is 32.7 Å². The molecule has 1 aliphatic heterocycles. The van der Waals surface area contributed by atoms with Crippen LogP contribution in [0.15, 0.2) is 18.3 Å². The number of hydrogen-bond acceptors (Lipinski definition) is 5. The number of hydrogen-bond donors (Lipinski definition) is 1. The van der Waals surface area contributed by atoms with Crippen molar-refractivity contribution in [2.75, 3.05) is 38.7 Å². The topological polar surface area (TPSA) is 80.8 Å². The molecular formula is C17H23N3O4. The summed E-state index contributed by atoms with van der Waals surface area (Å²) in [6.07, 6.45) is 4.25. The Hall–Kier alpha value is -2.15. The molecule has 7 heteroatoms. The molecule has 0 radical (unpaired) electrons. The predicted molar refractivity (Wildman–Crippen MR) is 87.6 cm³/mol. The maximum absolute atomic E-state index is 12.3. The van der Waals surface area contributed by atoms with Gasteiger partial charge in [-0.15, -0.1) is 0 Å². The lowest BCUT2D eigenvalue weighted by Gasteiger charge is -2.16. The number of carbonyl (C=O) groups excluding carboxylic acids is 2. The van der Waals surface area contributed by atoms with Gasteiger partial charge in [0.15, 0.2) is 0 Å². The zero-order valence-corrected chi connectivity index (χ0v) is 13.9. The molecule has 2 aliphatic rings. The van der Waals surface area contributed by atoms with E-state index < -0.39 is 0 Å². The Morgan fingerprint density at radius 1 is 1.38 bits per heavy atom. The molecule has 0 spiro atoms. The van der Waals surface area contributed by atoms with E-state index in [0.717, 1.165) is 6.54 Å². The highest BCUT2D eigenvalue weighted by atomic mass is 16.5. The van der Waals surface area contributed by atoms with Crippen molar-refractivity contribution in [1.29, 1.82) is 0 Å². The Morgan fingerprint density at radius 3 is 2.88 bits per heavy atom. The van der Waals surface area contributed by atoms with Gasteiger partial charge in [0.05, 0.1) is 24.4 Å². The number of ether oxygens (including phenoxy) is 2. The molecule has 0 unspecified atom stereocenters. The SMILES string of the molecule is COCCOc1ccc(NC(=O)[C@H]2CC(=O)N(CC3CC3)C2)cn1. The number of nitrogens with one attached hydrogen (secondary N) is 1. The molecule has 7 nitrogen and oxygen atoms in total. The van der Waals surface area contributed by atoms with Crippen LogP contribution in [-0.2, 0) is 14.3 Å². The van der Waals surface area contributed by atoms with Gasteiger partial charge in [-0.25, -0.2) is 4.98 Å². The average molecular weight is 333 g/mol. The Labute approximate surface area is 141 Å². The molecule has 0 aromatic carbocycles. The van der Waals surface area contributed by atoms with Crippen LogP contribution in [0.5, 0.6) is 5.88 Å². The first-order valence-corrected chi connectivity index (χ1v) is 8.32. The van der Waals surface area contributed by atoms with Gasteiger partial charge in [-0.3, -0.25) is 9.59 Å². The lowest BCUT2D eigenvalue weighted by Crippen LogP contribution is -2.29. The Morgan fingerprint density at radius 2 is 2.21 bits per heavy atom. The summed E-state index contributed by atoms with van der Waals surface area (Å²) >= 11 is 0. The Kier molecular flexibility index (Phi) is 5.30. The van der Waals surface area contributed by atoms with E-state index in [9.17, 15) is 9.59 Å². The molecule has 1 N–H and O–H groups in total. The molecule has 1 saturated heterocycles. The molecule has 1 saturated carbocycles. The number of nitrogens with zero attached hydrogens (tertiary/aromatic N) is 2. The fourth-order valence-corrected chi connectivity index (χ4v) is 2.75. The van der Waals surface area contributed by atoms with Gasteiger partial charge in [0.25, 0.3) is 0 Å². The van der Waals surface area contributed by atoms with Crippen LogP contribution in [0, 0.1) is 11.8 Å².